The Kier molecular flexibility index (Phi) is 16.0. The Bertz CT molecular complexity index is 911. The molecule has 0 saturated carbocycles. The Morgan fingerprint density at radius 2 is 1.85 bits per heavy atom. The number of nitro groups is 1. The summed E-state index contributed by atoms with van der Waals surface area (Å²) in [7, 11) is 0. The first-order valence-electron chi connectivity index (χ1n) is 13.8. The van der Waals surface area contributed by atoms with Crippen LogP contribution < -0.4 is 5.32 Å². The van der Waals surface area contributed by atoms with E-state index in [2.05, 4.69) is 15.5 Å². The fourth-order valence-electron chi connectivity index (χ4n) is 4.14. The van der Waals surface area contributed by atoms with Gasteiger partial charge in [0.05, 0.1) is 49.6 Å². The molecule has 12 nitrogen and oxygen atoms in total. The standard InChI is InChI=1S/C27H44N4O8/c1-21-26(22(2)30-29-21)8-7-13-39-25-19-23(27(32)33)18-24(20-25)38-12-6-4-3-5-9-28-10-14-36-16-17-37-15-11-31(34)35/h18-19,24,28H,3-17,20H2,1-2H3,(H,29,30)(H,32,33). The Morgan fingerprint density at radius 1 is 1.08 bits per heavy atom. The molecule has 0 aromatic carbocycles. The molecular formula is C27H44N4O8. The van der Waals surface area contributed by atoms with Crippen molar-refractivity contribution in [3.05, 3.63) is 50.5 Å². The number of carboxylic acid groups (broad SMARTS) is 1. The molecule has 39 heavy (non-hydrogen) atoms. The number of carbonyl (C=O) groups is 1. The molecule has 1 aliphatic rings. The van der Waals surface area contributed by atoms with Crippen LogP contribution in [0.5, 0.6) is 0 Å². The molecule has 0 amide bonds. The molecule has 0 spiro atoms. The molecule has 1 aromatic rings. The number of H-pyrrole nitrogens is 1. The average molecular weight is 553 g/mol. The van der Waals surface area contributed by atoms with Crippen LogP contribution in [0.2, 0.25) is 0 Å². The third-order valence-corrected chi connectivity index (χ3v) is 6.26. The first-order chi connectivity index (χ1) is 18.9. The monoisotopic (exact) mass is 552 g/mol. The minimum absolute atomic E-state index is 0.111. The van der Waals surface area contributed by atoms with Gasteiger partial charge < -0.3 is 29.4 Å². The summed E-state index contributed by atoms with van der Waals surface area (Å²) in [5.41, 5.74) is 3.49. The highest BCUT2D eigenvalue weighted by Crippen LogP contribution is 2.22. The lowest BCUT2D eigenvalue weighted by Gasteiger charge is -2.21. The number of aliphatic carboxylic acids is 1. The van der Waals surface area contributed by atoms with Crippen LogP contribution in [0.3, 0.4) is 0 Å². The van der Waals surface area contributed by atoms with Crippen LogP contribution in [0.4, 0.5) is 0 Å². The molecule has 220 valence electrons. The zero-order valence-corrected chi connectivity index (χ0v) is 23.2. The minimum atomic E-state index is -0.979. The quantitative estimate of drug-likeness (QED) is 0.105. The van der Waals surface area contributed by atoms with Crippen molar-refractivity contribution < 1.29 is 33.8 Å². The highest BCUT2D eigenvalue weighted by Gasteiger charge is 2.20. The fourth-order valence-corrected chi connectivity index (χ4v) is 4.14. The maximum absolute atomic E-state index is 11.6. The van der Waals surface area contributed by atoms with Gasteiger partial charge in [0, 0.05) is 30.2 Å². The molecular weight excluding hydrogens is 508 g/mol. The highest BCUT2D eigenvalue weighted by molar-refractivity contribution is 5.90. The first-order valence-corrected chi connectivity index (χ1v) is 13.8. The van der Waals surface area contributed by atoms with Crippen LogP contribution in [-0.2, 0) is 30.2 Å². The van der Waals surface area contributed by atoms with Gasteiger partial charge in [-0.15, -0.1) is 0 Å². The molecule has 2 rings (SSSR count). The number of ether oxygens (including phenoxy) is 4. The van der Waals surface area contributed by atoms with Gasteiger partial charge in [-0.3, -0.25) is 15.2 Å². The Morgan fingerprint density at radius 3 is 2.56 bits per heavy atom. The third kappa shape index (κ3) is 14.2. The van der Waals surface area contributed by atoms with E-state index in [1.54, 1.807) is 12.2 Å². The number of nitrogens with one attached hydrogen (secondary N) is 2. The molecule has 0 saturated heterocycles. The third-order valence-electron chi connectivity index (χ3n) is 6.26. The van der Waals surface area contributed by atoms with E-state index in [1.165, 1.54) is 5.56 Å². The van der Waals surface area contributed by atoms with Crippen LogP contribution in [0.15, 0.2) is 23.5 Å². The summed E-state index contributed by atoms with van der Waals surface area (Å²) in [5, 5.41) is 30.2. The van der Waals surface area contributed by atoms with E-state index >= 15 is 0 Å². The zero-order valence-electron chi connectivity index (χ0n) is 23.2. The van der Waals surface area contributed by atoms with Gasteiger partial charge in [0.25, 0.3) is 0 Å². The molecule has 1 aliphatic carbocycles. The Labute approximate surface area is 230 Å². The highest BCUT2D eigenvalue weighted by atomic mass is 16.6. The van der Waals surface area contributed by atoms with Crippen LogP contribution in [-0.4, -0.2) is 91.6 Å². The fraction of sp³-hybridized carbons (Fsp3) is 0.704. The molecule has 0 bridgehead atoms. The zero-order chi connectivity index (χ0) is 28.3. The van der Waals surface area contributed by atoms with E-state index in [0.29, 0.717) is 45.2 Å². The molecule has 1 heterocycles. The molecule has 1 aromatic heterocycles. The average Bonchev–Trinajstić information content (AvgIpc) is 3.22. The summed E-state index contributed by atoms with van der Waals surface area (Å²) in [4.78, 5) is 21.3. The van der Waals surface area contributed by atoms with Crippen molar-refractivity contribution in [1.82, 2.24) is 15.5 Å². The predicted octanol–water partition coefficient (Wildman–Crippen LogP) is 3.12. The number of aryl methyl sites for hydroxylation is 2. The first kappa shape index (κ1) is 32.4. The summed E-state index contributed by atoms with van der Waals surface area (Å²) in [5.74, 6) is -0.328. The number of nitrogens with zero attached hydrogens (tertiary/aromatic N) is 2. The van der Waals surface area contributed by atoms with Gasteiger partial charge in [-0.1, -0.05) is 12.8 Å². The van der Waals surface area contributed by atoms with Crippen molar-refractivity contribution in [2.75, 3.05) is 59.3 Å². The Hall–Kier alpha value is -2.80. The normalized spacial score (nSPS) is 15.2. The predicted molar refractivity (Wildman–Crippen MR) is 145 cm³/mol. The summed E-state index contributed by atoms with van der Waals surface area (Å²) in [6, 6.07) is 0. The number of hydrogen-bond acceptors (Lipinski definition) is 9. The summed E-state index contributed by atoms with van der Waals surface area (Å²) in [6.45, 7) is 8.02. The summed E-state index contributed by atoms with van der Waals surface area (Å²) >= 11 is 0. The summed E-state index contributed by atoms with van der Waals surface area (Å²) in [6.07, 6.45) is 9.26. The van der Waals surface area contributed by atoms with Crippen molar-refractivity contribution in [3.63, 3.8) is 0 Å². The maximum atomic E-state index is 11.6. The second-order valence-electron chi connectivity index (χ2n) is 9.46. The topological polar surface area (TPSA) is 158 Å². The number of aromatic amines is 1. The number of rotatable bonds is 23. The van der Waals surface area contributed by atoms with E-state index in [0.717, 1.165) is 63.0 Å². The van der Waals surface area contributed by atoms with Gasteiger partial charge >= 0.3 is 5.97 Å². The van der Waals surface area contributed by atoms with Gasteiger partial charge in [0.2, 0.25) is 6.54 Å². The van der Waals surface area contributed by atoms with Crippen molar-refractivity contribution in [2.45, 2.75) is 64.9 Å². The lowest BCUT2D eigenvalue weighted by atomic mass is 10.0. The lowest BCUT2D eigenvalue weighted by molar-refractivity contribution is -0.483. The van der Waals surface area contributed by atoms with Crippen molar-refractivity contribution in [2.24, 2.45) is 0 Å². The van der Waals surface area contributed by atoms with Crippen LogP contribution in [0.25, 0.3) is 0 Å². The van der Waals surface area contributed by atoms with Crippen molar-refractivity contribution >= 4 is 5.97 Å². The van der Waals surface area contributed by atoms with E-state index in [-0.39, 0.29) is 24.8 Å². The van der Waals surface area contributed by atoms with Crippen LogP contribution in [0.1, 0.15) is 55.5 Å². The van der Waals surface area contributed by atoms with Crippen LogP contribution >= 0.6 is 0 Å². The van der Waals surface area contributed by atoms with Crippen molar-refractivity contribution in [1.29, 1.82) is 0 Å². The number of aromatic nitrogens is 2. The minimum Gasteiger partial charge on any atom is -0.498 e. The van der Waals surface area contributed by atoms with Crippen LogP contribution in [0, 0.1) is 24.0 Å². The molecule has 1 atom stereocenters. The van der Waals surface area contributed by atoms with E-state index in [1.807, 2.05) is 13.8 Å². The van der Waals surface area contributed by atoms with Gasteiger partial charge in [0.1, 0.15) is 6.61 Å². The molecule has 12 heteroatoms. The van der Waals surface area contributed by atoms with Gasteiger partial charge in [0.15, 0.2) is 0 Å². The molecule has 0 radical (unpaired) electrons. The lowest BCUT2D eigenvalue weighted by Crippen LogP contribution is -2.22. The summed E-state index contributed by atoms with van der Waals surface area (Å²) < 4.78 is 22.4. The van der Waals surface area contributed by atoms with E-state index in [9.17, 15) is 20.0 Å². The molecule has 0 fully saturated rings. The number of carboxylic acids is 1. The smallest absolute Gasteiger partial charge is 0.335 e. The van der Waals surface area contributed by atoms with Gasteiger partial charge in [-0.05, 0) is 63.8 Å². The van der Waals surface area contributed by atoms with Gasteiger partial charge in [-0.25, -0.2) is 4.79 Å². The largest absolute Gasteiger partial charge is 0.498 e. The number of unbranched alkanes of at least 4 members (excludes halogenated alkanes) is 3. The Balaban J connectivity index is 1.48. The second-order valence-corrected chi connectivity index (χ2v) is 9.46. The second kappa shape index (κ2) is 19.3. The van der Waals surface area contributed by atoms with E-state index < -0.39 is 10.9 Å². The van der Waals surface area contributed by atoms with Crippen molar-refractivity contribution in [3.8, 4) is 0 Å². The van der Waals surface area contributed by atoms with Gasteiger partial charge in [-0.2, -0.15) is 5.10 Å². The molecule has 3 N–H and O–H groups in total. The number of hydrogen-bond donors (Lipinski definition) is 3. The molecule has 0 aliphatic heterocycles. The molecule has 1 unspecified atom stereocenters. The van der Waals surface area contributed by atoms with E-state index in [4.69, 9.17) is 18.9 Å². The maximum Gasteiger partial charge on any atom is 0.335 e. The SMILES string of the molecule is Cc1n[nH]c(C)c1CCCOC1=CC(C(=O)O)=CC(OCCCCCCNCCOCCOCC[N+](=O)[O-])C1.